The Morgan fingerprint density at radius 2 is 2.12 bits per heavy atom. The van der Waals surface area contributed by atoms with Crippen molar-refractivity contribution in [3.8, 4) is 0 Å². The van der Waals surface area contributed by atoms with Gasteiger partial charge in [0.2, 0.25) is 5.91 Å². The molecule has 0 aliphatic carbocycles. The highest BCUT2D eigenvalue weighted by Gasteiger charge is 2.31. The van der Waals surface area contributed by atoms with Gasteiger partial charge >= 0.3 is 0 Å². The molecule has 0 radical (unpaired) electrons. The zero-order valence-corrected chi connectivity index (χ0v) is 12.5. The number of hydrogen-bond donors (Lipinski definition) is 2. The first-order chi connectivity index (χ1) is 7.75. The molecule has 0 bridgehead atoms. The fourth-order valence-corrected chi connectivity index (χ4v) is 1.60. The highest BCUT2D eigenvalue weighted by Crippen LogP contribution is 2.27. The van der Waals surface area contributed by atoms with E-state index in [1.807, 2.05) is 0 Å². The molecule has 17 heavy (non-hydrogen) atoms. The van der Waals surface area contributed by atoms with Crippen molar-refractivity contribution < 1.29 is 4.79 Å². The van der Waals surface area contributed by atoms with Gasteiger partial charge in [-0.05, 0) is 32.0 Å². The van der Waals surface area contributed by atoms with Gasteiger partial charge in [-0.25, -0.2) is 0 Å². The van der Waals surface area contributed by atoms with Crippen LogP contribution in [0, 0.1) is 5.41 Å². The van der Waals surface area contributed by atoms with E-state index >= 15 is 0 Å². The van der Waals surface area contributed by atoms with Gasteiger partial charge in [-0.2, -0.15) is 0 Å². The third kappa shape index (κ3) is 3.40. The van der Waals surface area contributed by atoms with Crippen LogP contribution in [-0.2, 0) is 4.79 Å². The molecule has 3 nitrogen and oxygen atoms in total. The molecular formula is C11H12BrClN2OS. The highest BCUT2D eigenvalue weighted by atomic mass is 79.9. The van der Waals surface area contributed by atoms with Gasteiger partial charge in [0.05, 0.1) is 21.1 Å². The smallest absolute Gasteiger partial charge is 0.236 e. The van der Waals surface area contributed by atoms with Crippen molar-refractivity contribution in [3.05, 3.63) is 27.7 Å². The lowest BCUT2D eigenvalue weighted by Crippen LogP contribution is -2.41. The summed E-state index contributed by atoms with van der Waals surface area (Å²) >= 11 is 14.1. The van der Waals surface area contributed by atoms with Crippen molar-refractivity contribution in [1.29, 1.82) is 0 Å². The average molecular weight is 336 g/mol. The van der Waals surface area contributed by atoms with Crippen LogP contribution in [0.4, 0.5) is 5.69 Å². The normalized spacial score (nSPS) is 11.1. The van der Waals surface area contributed by atoms with E-state index in [2.05, 4.69) is 21.2 Å². The number of nitrogens with two attached hydrogens (primary N) is 1. The van der Waals surface area contributed by atoms with Crippen molar-refractivity contribution >= 4 is 56.3 Å². The summed E-state index contributed by atoms with van der Waals surface area (Å²) in [5, 5.41) is 3.16. The predicted octanol–water partition coefficient (Wildman–Crippen LogP) is 3.35. The Kier molecular flexibility index (Phi) is 4.52. The van der Waals surface area contributed by atoms with Crippen LogP contribution >= 0.6 is 39.7 Å². The number of hydrogen-bond acceptors (Lipinski definition) is 2. The number of amides is 1. The van der Waals surface area contributed by atoms with Gasteiger partial charge in [0.15, 0.2) is 0 Å². The van der Waals surface area contributed by atoms with Crippen molar-refractivity contribution in [3.63, 3.8) is 0 Å². The average Bonchev–Trinajstić information content (AvgIpc) is 2.23. The van der Waals surface area contributed by atoms with Crippen LogP contribution in [0.5, 0.6) is 0 Å². The summed E-state index contributed by atoms with van der Waals surface area (Å²) in [5.41, 5.74) is 5.13. The summed E-state index contributed by atoms with van der Waals surface area (Å²) in [6.07, 6.45) is 0. The van der Waals surface area contributed by atoms with Crippen LogP contribution in [0.1, 0.15) is 13.8 Å². The summed E-state index contributed by atoms with van der Waals surface area (Å²) in [6, 6.07) is 5.20. The summed E-state index contributed by atoms with van der Waals surface area (Å²) in [4.78, 5) is 12.1. The second-order valence-corrected chi connectivity index (χ2v) is 5.83. The molecule has 1 amide bonds. The molecule has 0 aliphatic heterocycles. The lowest BCUT2D eigenvalue weighted by atomic mass is 9.92. The van der Waals surface area contributed by atoms with Crippen LogP contribution in [0.3, 0.4) is 0 Å². The lowest BCUT2D eigenvalue weighted by Gasteiger charge is -2.22. The standard InChI is InChI=1S/C11H12BrClN2OS/c1-11(2,9(14)17)10(16)15-8-5-6(12)3-4-7(8)13/h3-5H,1-2H3,(H2,14,17)(H,15,16). The topological polar surface area (TPSA) is 55.1 Å². The van der Waals surface area contributed by atoms with E-state index < -0.39 is 5.41 Å². The highest BCUT2D eigenvalue weighted by molar-refractivity contribution is 9.10. The Morgan fingerprint density at radius 1 is 1.53 bits per heavy atom. The molecule has 0 heterocycles. The Labute approximate surface area is 119 Å². The zero-order valence-electron chi connectivity index (χ0n) is 9.38. The number of benzene rings is 1. The Morgan fingerprint density at radius 3 is 2.65 bits per heavy atom. The molecule has 0 unspecified atom stereocenters. The monoisotopic (exact) mass is 334 g/mol. The molecule has 1 aromatic carbocycles. The minimum absolute atomic E-state index is 0.140. The number of carbonyl (C=O) groups is 1. The number of halogens is 2. The van der Waals surface area contributed by atoms with E-state index in [-0.39, 0.29) is 10.9 Å². The molecular weight excluding hydrogens is 324 g/mol. The van der Waals surface area contributed by atoms with E-state index in [0.29, 0.717) is 10.7 Å². The SMILES string of the molecule is CC(C)(C(=O)Nc1cc(Br)ccc1Cl)C(N)=S. The predicted molar refractivity (Wildman–Crippen MR) is 78.3 cm³/mol. The Balaban J connectivity index is 2.96. The van der Waals surface area contributed by atoms with Gasteiger partial charge < -0.3 is 11.1 Å². The molecule has 0 fully saturated rings. The molecule has 6 heteroatoms. The van der Waals surface area contributed by atoms with E-state index in [4.69, 9.17) is 29.6 Å². The van der Waals surface area contributed by atoms with Gasteiger partial charge in [0.25, 0.3) is 0 Å². The Bertz CT molecular complexity index is 477. The van der Waals surface area contributed by atoms with Crippen LogP contribution in [0.2, 0.25) is 5.02 Å². The fraction of sp³-hybridized carbons (Fsp3) is 0.273. The van der Waals surface area contributed by atoms with Crippen molar-refractivity contribution in [2.24, 2.45) is 11.1 Å². The first kappa shape index (κ1) is 14.4. The molecule has 0 saturated carbocycles. The van der Waals surface area contributed by atoms with Gasteiger partial charge in [-0.3, -0.25) is 4.79 Å². The summed E-state index contributed by atoms with van der Waals surface area (Å²) in [5.74, 6) is -0.287. The van der Waals surface area contributed by atoms with Crippen molar-refractivity contribution in [2.45, 2.75) is 13.8 Å². The number of carbonyl (C=O) groups excluding carboxylic acids is 1. The van der Waals surface area contributed by atoms with Gasteiger partial charge in [0.1, 0.15) is 0 Å². The molecule has 0 spiro atoms. The van der Waals surface area contributed by atoms with Crippen LogP contribution in [0.15, 0.2) is 22.7 Å². The first-order valence-electron chi connectivity index (χ1n) is 4.81. The maximum absolute atomic E-state index is 12.0. The minimum atomic E-state index is -0.916. The number of thiocarbonyl (C=S) groups is 1. The van der Waals surface area contributed by atoms with Crippen molar-refractivity contribution in [1.82, 2.24) is 0 Å². The maximum Gasteiger partial charge on any atom is 0.236 e. The summed E-state index contributed by atoms with van der Waals surface area (Å²) in [6.45, 7) is 3.33. The maximum atomic E-state index is 12.0. The summed E-state index contributed by atoms with van der Waals surface area (Å²) < 4.78 is 0.824. The molecule has 0 aromatic heterocycles. The van der Waals surface area contributed by atoms with E-state index in [9.17, 15) is 4.79 Å². The van der Waals surface area contributed by atoms with Crippen molar-refractivity contribution in [2.75, 3.05) is 5.32 Å². The van der Waals surface area contributed by atoms with Gasteiger partial charge in [-0.15, -0.1) is 0 Å². The molecule has 0 aliphatic rings. The second-order valence-electron chi connectivity index (χ2n) is 4.07. The van der Waals surface area contributed by atoms with Crippen LogP contribution in [0.25, 0.3) is 0 Å². The third-order valence-corrected chi connectivity index (χ3v) is 3.69. The quantitative estimate of drug-likeness (QED) is 0.833. The molecule has 0 saturated heterocycles. The van der Waals surface area contributed by atoms with Gasteiger partial charge in [0, 0.05) is 4.47 Å². The van der Waals surface area contributed by atoms with E-state index in [0.717, 1.165) is 4.47 Å². The first-order valence-corrected chi connectivity index (χ1v) is 6.39. The zero-order chi connectivity index (χ0) is 13.2. The lowest BCUT2D eigenvalue weighted by molar-refractivity contribution is -0.121. The second kappa shape index (κ2) is 5.33. The van der Waals surface area contributed by atoms with Crippen LogP contribution < -0.4 is 11.1 Å². The fourth-order valence-electron chi connectivity index (χ4n) is 0.984. The third-order valence-electron chi connectivity index (χ3n) is 2.36. The molecule has 3 N–H and O–H groups in total. The minimum Gasteiger partial charge on any atom is -0.392 e. The van der Waals surface area contributed by atoms with E-state index in [1.54, 1.807) is 32.0 Å². The molecule has 92 valence electrons. The largest absolute Gasteiger partial charge is 0.392 e. The molecule has 0 atom stereocenters. The molecule has 1 aromatic rings. The number of anilines is 1. The number of rotatable bonds is 3. The van der Waals surface area contributed by atoms with Gasteiger partial charge in [-0.1, -0.05) is 39.7 Å². The molecule has 1 rings (SSSR count). The Hall–Kier alpha value is -0.650. The number of nitrogens with one attached hydrogen (secondary N) is 1. The van der Waals surface area contributed by atoms with E-state index in [1.165, 1.54) is 0 Å². The van der Waals surface area contributed by atoms with Crippen LogP contribution in [-0.4, -0.2) is 10.9 Å². The summed E-state index contributed by atoms with van der Waals surface area (Å²) in [7, 11) is 0.